The first-order chi connectivity index (χ1) is 20.4. The molecule has 0 saturated carbocycles. The Morgan fingerprint density at radius 3 is 2.00 bits per heavy atom. The fraction of sp³-hybridized carbons (Fsp3) is 0.344. The standard InChI is InChI=1S/C32H34Cl2N4O4/c1-42-28(39)23-37-30(40)32(24-11-4-2-5-12-24,25-13-6-3-7-14-25)38(31(37)41)18-9-8-17-35-19-21-36(22-20-35)27-16-10-15-26(33)29(27)34/h2-7,10-16H,8-9,17-23H2,1H3. The molecule has 0 bridgehead atoms. The van der Waals surface area contributed by atoms with Crippen LogP contribution in [-0.4, -0.2) is 85.5 Å². The molecule has 2 fully saturated rings. The number of nitrogens with zero attached hydrogens (tertiary/aromatic N) is 4. The van der Waals surface area contributed by atoms with Gasteiger partial charge in [-0.2, -0.15) is 0 Å². The molecule has 10 heteroatoms. The minimum Gasteiger partial charge on any atom is -0.468 e. The smallest absolute Gasteiger partial charge is 0.328 e. The van der Waals surface area contributed by atoms with E-state index in [0.29, 0.717) is 34.1 Å². The monoisotopic (exact) mass is 608 g/mol. The highest BCUT2D eigenvalue weighted by Crippen LogP contribution is 2.43. The molecule has 2 aliphatic rings. The van der Waals surface area contributed by atoms with Gasteiger partial charge in [0.25, 0.3) is 5.91 Å². The summed E-state index contributed by atoms with van der Waals surface area (Å²) >= 11 is 12.6. The van der Waals surface area contributed by atoms with Gasteiger partial charge < -0.3 is 14.5 Å². The number of carbonyl (C=O) groups is 3. The van der Waals surface area contributed by atoms with E-state index in [4.69, 9.17) is 27.9 Å². The van der Waals surface area contributed by atoms with Crippen molar-refractivity contribution in [1.82, 2.24) is 14.7 Å². The second-order valence-electron chi connectivity index (χ2n) is 10.5. The number of amides is 3. The van der Waals surface area contributed by atoms with Crippen molar-refractivity contribution >= 4 is 46.8 Å². The fourth-order valence-electron chi connectivity index (χ4n) is 5.92. The Labute approximate surface area is 256 Å². The predicted octanol–water partition coefficient (Wildman–Crippen LogP) is 5.28. The molecule has 42 heavy (non-hydrogen) atoms. The average molecular weight is 610 g/mol. The molecule has 0 spiro atoms. The minimum absolute atomic E-state index is 0.351. The van der Waals surface area contributed by atoms with E-state index in [-0.39, 0.29) is 0 Å². The van der Waals surface area contributed by atoms with Crippen LogP contribution in [0.15, 0.2) is 78.9 Å². The van der Waals surface area contributed by atoms with Crippen molar-refractivity contribution in [2.45, 2.75) is 18.4 Å². The molecule has 8 nitrogen and oxygen atoms in total. The summed E-state index contributed by atoms with van der Waals surface area (Å²) in [5, 5.41) is 1.14. The molecule has 0 N–H and O–H groups in total. The van der Waals surface area contributed by atoms with Crippen LogP contribution in [0.1, 0.15) is 24.0 Å². The maximum Gasteiger partial charge on any atom is 0.328 e. The Bertz CT molecular complexity index is 1380. The fourth-order valence-corrected chi connectivity index (χ4v) is 6.34. The first-order valence-corrected chi connectivity index (χ1v) is 14.9. The number of piperazine rings is 1. The number of rotatable bonds is 10. The summed E-state index contributed by atoms with van der Waals surface area (Å²) in [6.45, 7) is 4.23. The summed E-state index contributed by atoms with van der Waals surface area (Å²) in [6, 6.07) is 23.8. The lowest BCUT2D eigenvalue weighted by molar-refractivity contribution is -0.145. The summed E-state index contributed by atoms with van der Waals surface area (Å²) in [5.41, 5.74) is 0.932. The number of anilines is 1. The van der Waals surface area contributed by atoms with Gasteiger partial charge in [0.2, 0.25) is 0 Å². The zero-order valence-corrected chi connectivity index (χ0v) is 25.1. The Morgan fingerprint density at radius 1 is 0.810 bits per heavy atom. The van der Waals surface area contributed by atoms with E-state index >= 15 is 0 Å². The normalized spacial score (nSPS) is 17.2. The number of unbranched alkanes of at least 4 members (excludes halogenated alkanes) is 1. The number of hydrogen-bond acceptors (Lipinski definition) is 6. The molecular formula is C32H34Cl2N4O4. The molecule has 2 heterocycles. The van der Waals surface area contributed by atoms with E-state index in [1.165, 1.54) is 7.11 Å². The molecule has 0 radical (unpaired) electrons. The maximum absolute atomic E-state index is 14.2. The summed E-state index contributed by atoms with van der Waals surface area (Å²) in [7, 11) is 1.25. The highest BCUT2D eigenvalue weighted by atomic mass is 35.5. The van der Waals surface area contributed by atoms with Crippen LogP contribution in [0.3, 0.4) is 0 Å². The van der Waals surface area contributed by atoms with E-state index in [0.717, 1.165) is 49.7 Å². The third-order valence-corrected chi connectivity index (χ3v) is 8.88. The van der Waals surface area contributed by atoms with Gasteiger partial charge in [-0.05, 0) is 42.6 Å². The number of methoxy groups -OCH3 is 1. The third kappa shape index (κ3) is 5.71. The van der Waals surface area contributed by atoms with E-state index < -0.39 is 30.0 Å². The quantitative estimate of drug-likeness (QED) is 0.177. The second-order valence-corrected chi connectivity index (χ2v) is 11.2. The molecule has 0 atom stereocenters. The van der Waals surface area contributed by atoms with Gasteiger partial charge in [0.1, 0.15) is 6.54 Å². The summed E-state index contributed by atoms with van der Waals surface area (Å²) in [4.78, 5) is 47.6. The molecule has 3 aromatic carbocycles. The number of urea groups is 1. The topological polar surface area (TPSA) is 73.4 Å². The number of carbonyl (C=O) groups excluding carboxylic acids is 3. The summed E-state index contributed by atoms with van der Waals surface area (Å²) < 4.78 is 4.81. The van der Waals surface area contributed by atoms with Gasteiger partial charge in [0, 0.05) is 32.7 Å². The van der Waals surface area contributed by atoms with Crippen molar-refractivity contribution in [3.8, 4) is 0 Å². The second kappa shape index (κ2) is 13.2. The predicted molar refractivity (Wildman–Crippen MR) is 164 cm³/mol. The molecule has 3 amide bonds. The van der Waals surface area contributed by atoms with E-state index in [1.54, 1.807) is 11.0 Å². The zero-order valence-electron chi connectivity index (χ0n) is 23.5. The maximum atomic E-state index is 14.2. The molecule has 2 aliphatic heterocycles. The molecule has 3 aromatic rings. The van der Waals surface area contributed by atoms with Crippen LogP contribution in [0.5, 0.6) is 0 Å². The van der Waals surface area contributed by atoms with Gasteiger partial charge in [-0.15, -0.1) is 0 Å². The number of esters is 1. The van der Waals surface area contributed by atoms with E-state index in [1.807, 2.05) is 72.8 Å². The zero-order chi connectivity index (χ0) is 29.7. The number of ether oxygens (including phenoxy) is 1. The number of hydrogen-bond donors (Lipinski definition) is 0. The van der Waals surface area contributed by atoms with Crippen LogP contribution >= 0.6 is 23.2 Å². The van der Waals surface area contributed by atoms with Crippen LogP contribution in [0.25, 0.3) is 0 Å². The van der Waals surface area contributed by atoms with Crippen molar-refractivity contribution in [3.05, 3.63) is 100 Å². The summed E-state index contributed by atoms with van der Waals surface area (Å²) in [5.74, 6) is -1.10. The lowest BCUT2D eigenvalue weighted by Gasteiger charge is -2.37. The SMILES string of the molecule is COC(=O)CN1C(=O)N(CCCCN2CCN(c3cccc(Cl)c3Cl)CC2)C(c2ccccc2)(c2ccccc2)C1=O. The van der Waals surface area contributed by atoms with Gasteiger partial charge in [-0.1, -0.05) is 89.9 Å². The van der Waals surface area contributed by atoms with Crippen molar-refractivity contribution < 1.29 is 19.1 Å². The number of halogens is 2. The Kier molecular flexibility index (Phi) is 9.36. The van der Waals surface area contributed by atoms with Gasteiger partial charge in [0.15, 0.2) is 5.54 Å². The van der Waals surface area contributed by atoms with Crippen LogP contribution < -0.4 is 4.90 Å². The first kappa shape index (κ1) is 29.9. The molecule has 0 unspecified atom stereocenters. The van der Waals surface area contributed by atoms with Crippen molar-refractivity contribution in [3.63, 3.8) is 0 Å². The number of imide groups is 1. The van der Waals surface area contributed by atoms with Gasteiger partial charge in [-0.3, -0.25) is 19.4 Å². The molecular weight excluding hydrogens is 575 g/mol. The minimum atomic E-state index is -1.38. The molecule has 2 saturated heterocycles. The van der Waals surface area contributed by atoms with Gasteiger partial charge in [-0.25, -0.2) is 4.79 Å². The highest BCUT2D eigenvalue weighted by Gasteiger charge is 2.59. The van der Waals surface area contributed by atoms with Crippen LogP contribution in [0.2, 0.25) is 10.0 Å². The largest absolute Gasteiger partial charge is 0.468 e. The lowest BCUT2D eigenvalue weighted by Crippen LogP contribution is -2.49. The van der Waals surface area contributed by atoms with Crippen LogP contribution in [0, 0.1) is 0 Å². The summed E-state index contributed by atoms with van der Waals surface area (Å²) in [6.07, 6.45) is 1.53. The molecule has 0 aromatic heterocycles. The van der Waals surface area contributed by atoms with Crippen molar-refractivity contribution in [2.75, 3.05) is 57.8 Å². The Morgan fingerprint density at radius 2 is 1.40 bits per heavy atom. The highest BCUT2D eigenvalue weighted by molar-refractivity contribution is 6.43. The van der Waals surface area contributed by atoms with Gasteiger partial charge >= 0.3 is 12.0 Å². The number of benzene rings is 3. The first-order valence-electron chi connectivity index (χ1n) is 14.1. The van der Waals surface area contributed by atoms with E-state index in [2.05, 4.69) is 9.80 Å². The van der Waals surface area contributed by atoms with Crippen LogP contribution in [0.4, 0.5) is 10.5 Å². The Balaban J connectivity index is 1.31. The van der Waals surface area contributed by atoms with Crippen molar-refractivity contribution in [1.29, 1.82) is 0 Å². The molecule has 0 aliphatic carbocycles. The van der Waals surface area contributed by atoms with Gasteiger partial charge in [0.05, 0.1) is 22.8 Å². The van der Waals surface area contributed by atoms with E-state index in [9.17, 15) is 14.4 Å². The molecule has 5 rings (SSSR count). The van der Waals surface area contributed by atoms with Crippen LogP contribution in [-0.2, 0) is 19.9 Å². The van der Waals surface area contributed by atoms with Crippen molar-refractivity contribution in [2.24, 2.45) is 0 Å². The molecule has 220 valence electrons. The Hall–Kier alpha value is -3.59. The lowest BCUT2D eigenvalue weighted by atomic mass is 9.81. The third-order valence-electron chi connectivity index (χ3n) is 8.07. The average Bonchev–Trinajstić information content (AvgIpc) is 3.23.